The maximum Gasteiger partial charge on any atom is 0.164 e. The summed E-state index contributed by atoms with van der Waals surface area (Å²) in [6.07, 6.45) is 15.3. The molecule has 1 aliphatic rings. The Morgan fingerprint density at radius 1 is 0.509 bits per heavy atom. The van der Waals surface area contributed by atoms with Crippen LogP contribution in [0.4, 0.5) is 0 Å². The van der Waals surface area contributed by atoms with Gasteiger partial charge in [0.2, 0.25) is 0 Å². The second kappa shape index (κ2) is 17.7. The molecular formula is C54H45N3. The fourth-order valence-corrected chi connectivity index (χ4v) is 7.62. The monoisotopic (exact) mass is 735 g/mol. The standard InChI is InChI=1S/C54H45N3/c1-3-5-21-39(4-2)50(40-22-10-6-11-23-40)51(41-24-12-7-13-25-41)48-34-19-32-46(37-48)44-30-18-31-45(36-44)47-33-20-35-49(38-47)54-56-52(42-26-14-8-15-27-42)55-53(57-54)43-28-16-9-17-29-43/h3-6,8-11,14-24,26-38H,1,7,12-13,25H2,2H3/b21-5-,39-4+,51-50-. The summed E-state index contributed by atoms with van der Waals surface area (Å²) in [5.41, 5.74) is 15.0. The lowest BCUT2D eigenvalue weighted by Crippen LogP contribution is -2.02. The minimum Gasteiger partial charge on any atom is -0.208 e. The van der Waals surface area contributed by atoms with Gasteiger partial charge in [0.15, 0.2) is 17.5 Å². The third kappa shape index (κ3) is 8.49. The van der Waals surface area contributed by atoms with Gasteiger partial charge in [0, 0.05) is 16.7 Å². The lowest BCUT2D eigenvalue weighted by atomic mass is 9.81. The first-order valence-electron chi connectivity index (χ1n) is 19.8. The van der Waals surface area contributed by atoms with Crippen molar-refractivity contribution >= 4 is 11.1 Å². The average molecular weight is 736 g/mol. The lowest BCUT2D eigenvalue weighted by molar-refractivity contribution is 0.714. The summed E-state index contributed by atoms with van der Waals surface area (Å²) in [5.74, 6) is 1.94. The zero-order valence-electron chi connectivity index (χ0n) is 32.4. The number of benzene rings is 6. The molecule has 0 saturated heterocycles. The molecule has 0 radical (unpaired) electrons. The van der Waals surface area contributed by atoms with Crippen molar-refractivity contribution in [3.05, 3.63) is 223 Å². The fourth-order valence-electron chi connectivity index (χ4n) is 7.62. The molecule has 3 heteroatoms. The van der Waals surface area contributed by atoms with Crippen LogP contribution in [0.15, 0.2) is 212 Å². The van der Waals surface area contributed by atoms with Crippen LogP contribution in [0.5, 0.6) is 0 Å². The van der Waals surface area contributed by atoms with Crippen molar-refractivity contribution in [2.45, 2.75) is 32.6 Å². The highest BCUT2D eigenvalue weighted by Gasteiger charge is 2.20. The van der Waals surface area contributed by atoms with E-state index in [1.807, 2.05) is 72.8 Å². The Morgan fingerprint density at radius 3 is 1.53 bits per heavy atom. The predicted octanol–water partition coefficient (Wildman–Crippen LogP) is 14.3. The van der Waals surface area contributed by atoms with Crippen molar-refractivity contribution in [1.82, 2.24) is 15.0 Å². The molecule has 276 valence electrons. The Hall–Kier alpha value is -6.97. The predicted molar refractivity (Wildman–Crippen MR) is 240 cm³/mol. The molecule has 0 unspecified atom stereocenters. The van der Waals surface area contributed by atoms with Gasteiger partial charge in [-0.25, -0.2) is 15.0 Å². The zero-order chi connectivity index (χ0) is 38.8. The summed E-state index contributed by atoms with van der Waals surface area (Å²) in [6.45, 7) is 6.09. The number of hydrogen-bond acceptors (Lipinski definition) is 3. The normalized spacial score (nSPS) is 13.6. The van der Waals surface area contributed by atoms with Gasteiger partial charge in [-0.1, -0.05) is 183 Å². The van der Waals surface area contributed by atoms with Gasteiger partial charge in [0.25, 0.3) is 0 Å². The molecule has 1 heterocycles. The second-order valence-electron chi connectivity index (χ2n) is 14.2. The van der Waals surface area contributed by atoms with Gasteiger partial charge in [-0.15, -0.1) is 0 Å². The van der Waals surface area contributed by atoms with Gasteiger partial charge in [-0.3, -0.25) is 0 Å². The van der Waals surface area contributed by atoms with Gasteiger partial charge in [0.1, 0.15) is 0 Å². The molecular weight excluding hydrogens is 691 g/mol. The molecule has 6 aromatic carbocycles. The molecule has 1 aromatic heterocycles. The Bertz CT molecular complexity index is 2570. The van der Waals surface area contributed by atoms with E-state index in [9.17, 15) is 0 Å². The number of hydrogen-bond donors (Lipinski definition) is 0. The van der Waals surface area contributed by atoms with E-state index in [4.69, 9.17) is 15.0 Å². The van der Waals surface area contributed by atoms with Gasteiger partial charge >= 0.3 is 0 Å². The first-order valence-corrected chi connectivity index (χ1v) is 19.8. The maximum absolute atomic E-state index is 4.99. The Morgan fingerprint density at radius 2 is 0.982 bits per heavy atom. The molecule has 57 heavy (non-hydrogen) atoms. The second-order valence-corrected chi connectivity index (χ2v) is 14.2. The van der Waals surface area contributed by atoms with Crippen LogP contribution in [0, 0.1) is 0 Å². The first-order chi connectivity index (χ1) is 28.2. The molecule has 7 aromatic rings. The summed E-state index contributed by atoms with van der Waals surface area (Å²) >= 11 is 0. The van der Waals surface area contributed by atoms with Gasteiger partial charge in [0.05, 0.1) is 0 Å². The Kier molecular flexibility index (Phi) is 11.5. The molecule has 0 spiro atoms. The van der Waals surface area contributed by atoms with Crippen molar-refractivity contribution in [2.24, 2.45) is 0 Å². The topological polar surface area (TPSA) is 38.7 Å². The molecule has 0 aliphatic heterocycles. The smallest absolute Gasteiger partial charge is 0.164 e. The van der Waals surface area contributed by atoms with Crippen LogP contribution in [0.1, 0.15) is 43.7 Å². The van der Waals surface area contributed by atoms with Gasteiger partial charge in [-0.05, 0) is 106 Å². The summed E-state index contributed by atoms with van der Waals surface area (Å²) in [5, 5.41) is 0. The van der Waals surface area contributed by atoms with Gasteiger partial charge in [-0.2, -0.15) is 0 Å². The van der Waals surface area contributed by atoms with E-state index in [-0.39, 0.29) is 0 Å². The van der Waals surface area contributed by atoms with E-state index in [1.54, 1.807) is 0 Å². The van der Waals surface area contributed by atoms with E-state index < -0.39 is 0 Å². The third-order valence-corrected chi connectivity index (χ3v) is 10.4. The van der Waals surface area contributed by atoms with Crippen LogP contribution in [0.3, 0.4) is 0 Å². The summed E-state index contributed by atoms with van der Waals surface area (Å²) in [6, 6.07) is 57.5. The van der Waals surface area contributed by atoms with Crippen molar-refractivity contribution in [1.29, 1.82) is 0 Å². The molecule has 0 atom stereocenters. The van der Waals surface area contributed by atoms with E-state index in [0.29, 0.717) is 17.5 Å². The zero-order valence-corrected chi connectivity index (χ0v) is 32.4. The highest BCUT2D eigenvalue weighted by molar-refractivity contribution is 6.05. The van der Waals surface area contributed by atoms with E-state index >= 15 is 0 Å². The molecule has 0 N–H and O–H groups in total. The van der Waals surface area contributed by atoms with E-state index in [0.717, 1.165) is 46.2 Å². The van der Waals surface area contributed by atoms with Crippen LogP contribution in [0.2, 0.25) is 0 Å². The molecule has 0 fully saturated rings. The van der Waals surface area contributed by atoms with Crippen LogP contribution in [0.25, 0.3) is 67.6 Å². The summed E-state index contributed by atoms with van der Waals surface area (Å²) in [4.78, 5) is 14.9. The number of nitrogens with zero attached hydrogens (tertiary/aromatic N) is 3. The van der Waals surface area contributed by atoms with Crippen LogP contribution in [-0.2, 0) is 0 Å². The molecule has 8 rings (SSSR count). The summed E-state index contributed by atoms with van der Waals surface area (Å²) in [7, 11) is 0. The van der Waals surface area contributed by atoms with Crippen LogP contribution < -0.4 is 0 Å². The van der Waals surface area contributed by atoms with Crippen molar-refractivity contribution in [3.63, 3.8) is 0 Å². The van der Waals surface area contributed by atoms with Crippen molar-refractivity contribution < 1.29 is 0 Å². The fraction of sp³-hybridized carbons (Fsp3) is 0.0926. The largest absolute Gasteiger partial charge is 0.208 e. The van der Waals surface area contributed by atoms with Crippen LogP contribution in [-0.4, -0.2) is 15.0 Å². The first kappa shape index (κ1) is 37.0. The quantitative estimate of drug-likeness (QED) is 0.0981. The maximum atomic E-state index is 4.99. The SMILES string of the molecule is C=C\C=C/C(=C\C)C(=C(\C1=CCCCC1)c1cccc(-c2cccc(-c3cccc(-c4nc(-c5ccccc5)nc(-c5ccccc5)n4)c3)c2)c1)/c1ccccc1. The molecule has 0 bridgehead atoms. The third-order valence-electron chi connectivity index (χ3n) is 10.4. The number of rotatable bonds is 11. The highest BCUT2D eigenvalue weighted by Crippen LogP contribution is 2.42. The summed E-state index contributed by atoms with van der Waals surface area (Å²) < 4.78 is 0. The number of allylic oxidation sites excluding steroid dienone is 9. The lowest BCUT2D eigenvalue weighted by Gasteiger charge is -2.23. The molecule has 0 amide bonds. The molecule has 3 nitrogen and oxygen atoms in total. The molecule has 1 aliphatic carbocycles. The Balaban J connectivity index is 1.21. The van der Waals surface area contributed by atoms with Gasteiger partial charge < -0.3 is 0 Å². The average Bonchev–Trinajstić information content (AvgIpc) is 3.30. The van der Waals surface area contributed by atoms with E-state index in [2.05, 4.69) is 135 Å². The van der Waals surface area contributed by atoms with Crippen LogP contribution >= 0.6 is 0 Å². The molecule has 0 saturated carbocycles. The van der Waals surface area contributed by atoms with Crippen molar-refractivity contribution in [3.8, 4) is 56.4 Å². The minimum absolute atomic E-state index is 0.641. The number of aromatic nitrogens is 3. The van der Waals surface area contributed by atoms with Crippen molar-refractivity contribution in [2.75, 3.05) is 0 Å². The Labute approximate surface area is 336 Å². The highest BCUT2D eigenvalue weighted by atomic mass is 15.0. The minimum atomic E-state index is 0.641. The van der Waals surface area contributed by atoms with E-state index in [1.165, 1.54) is 51.8 Å².